The first-order chi connectivity index (χ1) is 8.63. The second-order valence-corrected chi connectivity index (χ2v) is 4.78. The van der Waals surface area contributed by atoms with Gasteiger partial charge in [0.2, 0.25) is 0 Å². The second-order valence-electron chi connectivity index (χ2n) is 3.99. The summed E-state index contributed by atoms with van der Waals surface area (Å²) >= 11 is 3.09. The summed E-state index contributed by atoms with van der Waals surface area (Å²) in [6.07, 6.45) is 1.88. The largest absolute Gasteiger partial charge is 0.383 e. The number of hydrogen-bond acceptors (Lipinski definition) is 3. The van der Waals surface area contributed by atoms with Crippen LogP contribution < -0.4 is 5.32 Å². The number of hydrogen-bond donors (Lipinski definition) is 1. The van der Waals surface area contributed by atoms with Gasteiger partial charge in [-0.05, 0) is 34.5 Å². The minimum absolute atomic E-state index is 0.0642. The predicted octanol–water partition coefficient (Wildman–Crippen LogP) is 3.69. The standard InChI is InChI=1S/C13H16BrFN2O/c1-3-4-10(8-18-2)17-11-6-5-9(7-16)12(14)13(11)15/h5-6,10,17H,3-4,8H2,1-2H3. The summed E-state index contributed by atoms with van der Waals surface area (Å²) in [6.45, 7) is 2.58. The van der Waals surface area contributed by atoms with E-state index in [0.29, 0.717) is 12.3 Å². The third-order valence-corrected chi connectivity index (χ3v) is 3.34. The van der Waals surface area contributed by atoms with Crippen molar-refractivity contribution >= 4 is 21.6 Å². The van der Waals surface area contributed by atoms with Gasteiger partial charge in [0, 0.05) is 13.2 Å². The van der Waals surface area contributed by atoms with Gasteiger partial charge < -0.3 is 10.1 Å². The predicted molar refractivity (Wildman–Crippen MR) is 73.0 cm³/mol. The molecular weight excluding hydrogens is 299 g/mol. The number of rotatable bonds is 6. The molecule has 1 atom stereocenters. The average molecular weight is 315 g/mol. The number of methoxy groups -OCH3 is 1. The summed E-state index contributed by atoms with van der Waals surface area (Å²) in [6, 6.07) is 5.16. The Kier molecular flexibility index (Phi) is 6.10. The molecule has 3 nitrogen and oxygen atoms in total. The maximum atomic E-state index is 14.0. The molecule has 0 amide bonds. The highest BCUT2D eigenvalue weighted by atomic mass is 79.9. The molecule has 0 saturated carbocycles. The molecule has 18 heavy (non-hydrogen) atoms. The van der Waals surface area contributed by atoms with Crippen LogP contribution in [0.4, 0.5) is 10.1 Å². The smallest absolute Gasteiger partial charge is 0.161 e. The molecule has 5 heteroatoms. The van der Waals surface area contributed by atoms with Crippen molar-refractivity contribution in [1.29, 1.82) is 5.26 Å². The van der Waals surface area contributed by atoms with Crippen LogP contribution in [0.1, 0.15) is 25.3 Å². The minimum atomic E-state index is -0.439. The van der Waals surface area contributed by atoms with Crippen molar-refractivity contribution in [1.82, 2.24) is 0 Å². The van der Waals surface area contributed by atoms with Gasteiger partial charge in [0.15, 0.2) is 5.82 Å². The number of nitrogens with one attached hydrogen (secondary N) is 1. The number of ether oxygens (including phenoxy) is 1. The third kappa shape index (κ3) is 3.69. The lowest BCUT2D eigenvalue weighted by atomic mass is 10.1. The fourth-order valence-electron chi connectivity index (χ4n) is 1.71. The molecule has 1 aromatic rings. The molecule has 0 bridgehead atoms. The number of nitrogens with zero attached hydrogens (tertiary/aromatic N) is 1. The van der Waals surface area contributed by atoms with Gasteiger partial charge >= 0.3 is 0 Å². The van der Waals surface area contributed by atoms with Gasteiger partial charge in [0.1, 0.15) is 6.07 Å². The van der Waals surface area contributed by atoms with E-state index >= 15 is 0 Å². The Morgan fingerprint density at radius 1 is 1.56 bits per heavy atom. The first-order valence-electron chi connectivity index (χ1n) is 5.77. The van der Waals surface area contributed by atoms with Gasteiger partial charge in [-0.15, -0.1) is 0 Å². The van der Waals surface area contributed by atoms with Crippen LogP contribution in [0.25, 0.3) is 0 Å². The monoisotopic (exact) mass is 314 g/mol. The van der Waals surface area contributed by atoms with E-state index in [-0.39, 0.29) is 16.1 Å². The van der Waals surface area contributed by atoms with Crippen molar-refractivity contribution in [2.45, 2.75) is 25.8 Å². The number of nitriles is 1. The molecule has 0 aromatic heterocycles. The zero-order valence-electron chi connectivity index (χ0n) is 10.5. The molecule has 0 spiro atoms. The SMILES string of the molecule is CCCC(COC)Nc1ccc(C#N)c(Br)c1F. The topological polar surface area (TPSA) is 45.0 Å². The Bertz CT molecular complexity index is 439. The van der Waals surface area contributed by atoms with Gasteiger partial charge in [0.05, 0.1) is 22.3 Å². The van der Waals surface area contributed by atoms with E-state index in [1.54, 1.807) is 19.2 Å². The Morgan fingerprint density at radius 2 is 2.28 bits per heavy atom. The molecule has 0 aliphatic carbocycles. The third-order valence-electron chi connectivity index (χ3n) is 2.57. The first kappa shape index (κ1) is 14.9. The van der Waals surface area contributed by atoms with E-state index in [9.17, 15) is 4.39 Å². The molecule has 1 N–H and O–H groups in total. The van der Waals surface area contributed by atoms with Crippen LogP contribution in [0.5, 0.6) is 0 Å². The zero-order valence-corrected chi connectivity index (χ0v) is 12.1. The van der Waals surface area contributed by atoms with E-state index in [0.717, 1.165) is 12.8 Å². The van der Waals surface area contributed by atoms with Crippen molar-refractivity contribution in [2.75, 3.05) is 19.0 Å². The van der Waals surface area contributed by atoms with Crippen LogP contribution in [-0.4, -0.2) is 19.8 Å². The van der Waals surface area contributed by atoms with Crippen LogP contribution in [0.15, 0.2) is 16.6 Å². The molecular formula is C13H16BrFN2O. The summed E-state index contributed by atoms with van der Waals surface area (Å²) < 4.78 is 19.3. The molecule has 0 radical (unpaired) electrons. The van der Waals surface area contributed by atoms with E-state index < -0.39 is 5.82 Å². The molecule has 1 unspecified atom stereocenters. The Balaban J connectivity index is 2.90. The van der Waals surface area contributed by atoms with Crippen molar-refractivity contribution < 1.29 is 9.13 Å². The summed E-state index contributed by atoms with van der Waals surface area (Å²) in [5.74, 6) is -0.439. The maximum Gasteiger partial charge on any atom is 0.161 e. The van der Waals surface area contributed by atoms with E-state index in [4.69, 9.17) is 10.00 Å². The van der Waals surface area contributed by atoms with Crippen LogP contribution in [0, 0.1) is 17.1 Å². The highest BCUT2D eigenvalue weighted by Crippen LogP contribution is 2.27. The van der Waals surface area contributed by atoms with E-state index in [2.05, 4.69) is 28.2 Å². The number of anilines is 1. The van der Waals surface area contributed by atoms with Crippen LogP contribution in [-0.2, 0) is 4.74 Å². The quantitative estimate of drug-likeness (QED) is 0.871. The van der Waals surface area contributed by atoms with Crippen molar-refractivity contribution in [3.05, 3.63) is 28.0 Å². The molecule has 0 aliphatic heterocycles. The highest BCUT2D eigenvalue weighted by Gasteiger charge is 2.14. The highest BCUT2D eigenvalue weighted by molar-refractivity contribution is 9.10. The van der Waals surface area contributed by atoms with Gasteiger partial charge in [-0.2, -0.15) is 5.26 Å². The van der Waals surface area contributed by atoms with E-state index in [1.807, 2.05) is 6.07 Å². The van der Waals surface area contributed by atoms with Gasteiger partial charge in [-0.3, -0.25) is 0 Å². The molecule has 1 aromatic carbocycles. The second kappa shape index (κ2) is 7.34. The Hall–Kier alpha value is -1.12. The minimum Gasteiger partial charge on any atom is -0.383 e. The fraction of sp³-hybridized carbons (Fsp3) is 0.462. The summed E-state index contributed by atoms with van der Waals surface area (Å²) in [5, 5.41) is 11.9. The maximum absolute atomic E-state index is 14.0. The first-order valence-corrected chi connectivity index (χ1v) is 6.56. The summed E-state index contributed by atoms with van der Waals surface area (Å²) in [4.78, 5) is 0. The molecule has 0 fully saturated rings. The van der Waals surface area contributed by atoms with E-state index in [1.165, 1.54) is 0 Å². The molecule has 1 rings (SSSR count). The lowest BCUT2D eigenvalue weighted by molar-refractivity contribution is 0.182. The van der Waals surface area contributed by atoms with Gasteiger partial charge in [0.25, 0.3) is 0 Å². The lowest BCUT2D eigenvalue weighted by Gasteiger charge is -2.19. The summed E-state index contributed by atoms with van der Waals surface area (Å²) in [7, 11) is 1.62. The zero-order chi connectivity index (χ0) is 13.5. The van der Waals surface area contributed by atoms with Crippen molar-refractivity contribution in [3.63, 3.8) is 0 Å². The van der Waals surface area contributed by atoms with Gasteiger partial charge in [-0.1, -0.05) is 13.3 Å². The Labute approximate surface area is 115 Å². The number of benzene rings is 1. The van der Waals surface area contributed by atoms with Gasteiger partial charge in [-0.25, -0.2) is 4.39 Å². The normalized spacial score (nSPS) is 11.9. The fourth-order valence-corrected chi connectivity index (χ4v) is 2.15. The van der Waals surface area contributed by atoms with Crippen molar-refractivity contribution in [2.24, 2.45) is 0 Å². The summed E-state index contributed by atoms with van der Waals surface area (Å²) in [5.41, 5.74) is 0.674. The van der Waals surface area contributed by atoms with Crippen molar-refractivity contribution in [3.8, 4) is 6.07 Å². The molecule has 98 valence electrons. The molecule has 0 aliphatic rings. The van der Waals surface area contributed by atoms with Crippen LogP contribution in [0.2, 0.25) is 0 Å². The number of halogens is 2. The lowest BCUT2D eigenvalue weighted by Crippen LogP contribution is -2.25. The average Bonchev–Trinajstić information content (AvgIpc) is 2.36. The Morgan fingerprint density at radius 3 is 2.83 bits per heavy atom. The van der Waals surface area contributed by atoms with Crippen LogP contribution in [0.3, 0.4) is 0 Å². The molecule has 0 heterocycles. The van der Waals surface area contributed by atoms with Crippen LogP contribution >= 0.6 is 15.9 Å². The molecule has 0 saturated heterocycles.